The molecule has 164 valence electrons. The number of hydrogen-bond acceptors (Lipinski definition) is 2. The highest BCUT2D eigenvalue weighted by Gasteiger charge is 2.08. The second-order valence-corrected chi connectivity index (χ2v) is 8.33. The van der Waals surface area contributed by atoms with E-state index in [9.17, 15) is 10.2 Å². The van der Waals surface area contributed by atoms with E-state index in [1.165, 1.54) is 22.3 Å². The van der Waals surface area contributed by atoms with Gasteiger partial charge in [-0.25, -0.2) is 0 Å². The van der Waals surface area contributed by atoms with Gasteiger partial charge in [0.25, 0.3) is 0 Å². The zero-order valence-electron chi connectivity index (χ0n) is 17.7. The van der Waals surface area contributed by atoms with Gasteiger partial charge in [-0.05, 0) is 44.5 Å². The summed E-state index contributed by atoms with van der Waals surface area (Å²) in [4.78, 5) is 0. The van der Waals surface area contributed by atoms with Gasteiger partial charge in [-0.15, -0.1) is 0 Å². The van der Waals surface area contributed by atoms with Gasteiger partial charge in [-0.1, -0.05) is 129 Å². The van der Waals surface area contributed by atoms with E-state index in [1.807, 2.05) is 48.5 Å². The molecule has 0 saturated carbocycles. The van der Waals surface area contributed by atoms with Crippen LogP contribution in [0.2, 0.25) is 0 Å². The molecule has 0 heterocycles. The fourth-order valence-corrected chi connectivity index (χ4v) is 4.62. The van der Waals surface area contributed by atoms with E-state index in [4.69, 9.17) is 0 Å². The largest absolute Gasteiger partial charge is 0.392 e. The number of benzene rings is 4. The predicted molar refractivity (Wildman–Crippen MR) is 141 cm³/mol. The summed E-state index contributed by atoms with van der Waals surface area (Å²) in [7, 11) is 0. The first-order valence-corrected chi connectivity index (χ1v) is 12.6. The van der Waals surface area contributed by atoms with E-state index in [2.05, 4.69) is 80.4 Å². The van der Waals surface area contributed by atoms with Gasteiger partial charge in [0.05, 0.1) is 13.2 Å². The third kappa shape index (κ3) is 5.96. The van der Waals surface area contributed by atoms with Gasteiger partial charge in [-0.2, -0.15) is 0 Å². The molecule has 0 saturated heterocycles. The lowest BCUT2D eigenvalue weighted by Gasteiger charge is -2.10. The van der Waals surface area contributed by atoms with Crippen molar-refractivity contribution in [2.24, 2.45) is 0 Å². The Labute approximate surface area is 206 Å². The molecule has 4 aromatic rings. The summed E-state index contributed by atoms with van der Waals surface area (Å²) < 4.78 is 0. The standard InChI is InChI=1S/C14H12Br2.C14H14O2/c2*15-9-11-5-1-3-7-13(11)14-8-4-2-6-12(14)10-16/h1-8H,9-10H2;1-8,15-16H,9-10H2. The van der Waals surface area contributed by atoms with Gasteiger partial charge in [0.15, 0.2) is 0 Å². The highest BCUT2D eigenvalue weighted by Crippen LogP contribution is 2.29. The Bertz CT molecular complexity index is 959. The molecule has 0 unspecified atom stereocenters. The molecule has 0 atom stereocenters. The van der Waals surface area contributed by atoms with Crippen LogP contribution >= 0.6 is 31.9 Å². The van der Waals surface area contributed by atoms with Crippen LogP contribution in [0.4, 0.5) is 0 Å². The van der Waals surface area contributed by atoms with Crippen molar-refractivity contribution < 1.29 is 10.2 Å². The number of alkyl halides is 2. The highest BCUT2D eigenvalue weighted by atomic mass is 79.9. The highest BCUT2D eigenvalue weighted by molar-refractivity contribution is 9.08. The van der Waals surface area contributed by atoms with Crippen molar-refractivity contribution in [2.45, 2.75) is 23.9 Å². The number of aliphatic hydroxyl groups excluding tert-OH is 2. The Balaban J connectivity index is 0.000000181. The van der Waals surface area contributed by atoms with Crippen molar-refractivity contribution in [1.82, 2.24) is 0 Å². The van der Waals surface area contributed by atoms with Crippen LogP contribution in [-0.4, -0.2) is 10.2 Å². The monoisotopic (exact) mass is 552 g/mol. The number of aliphatic hydroxyl groups is 2. The third-order valence-corrected chi connectivity index (χ3v) is 6.49. The van der Waals surface area contributed by atoms with Gasteiger partial charge in [-0.3, -0.25) is 0 Å². The minimum Gasteiger partial charge on any atom is -0.392 e. The maximum Gasteiger partial charge on any atom is 0.0687 e. The minimum atomic E-state index is 0.00986. The summed E-state index contributed by atoms with van der Waals surface area (Å²) in [6.45, 7) is 0.0197. The van der Waals surface area contributed by atoms with Crippen LogP contribution in [0.1, 0.15) is 22.3 Å². The maximum absolute atomic E-state index is 9.28. The van der Waals surface area contributed by atoms with Crippen molar-refractivity contribution >= 4 is 31.9 Å². The predicted octanol–water partition coefficient (Wildman–Crippen LogP) is 7.48. The van der Waals surface area contributed by atoms with Gasteiger partial charge in [0, 0.05) is 10.7 Å². The lowest BCUT2D eigenvalue weighted by molar-refractivity contribution is 0.280. The second-order valence-electron chi connectivity index (χ2n) is 7.21. The zero-order valence-corrected chi connectivity index (χ0v) is 20.9. The molecule has 0 aliphatic heterocycles. The van der Waals surface area contributed by atoms with Crippen molar-refractivity contribution in [1.29, 1.82) is 0 Å². The van der Waals surface area contributed by atoms with Crippen LogP contribution < -0.4 is 0 Å². The molecule has 2 N–H and O–H groups in total. The van der Waals surface area contributed by atoms with Crippen molar-refractivity contribution in [3.63, 3.8) is 0 Å². The quantitative estimate of drug-likeness (QED) is 0.243. The molecule has 32 heavy (non-hydrogen) atoms. The van der Waals surface area contributed by atoms with Gasteiger partial charge < -0.3 is 10.2 Å². The topological polar surface area (TPSA) is 40.5 Å². The summed E-state index contributed by atoms with van der Waals surface area (Å²) in [5.41, 5.74) is 9.01. The zero-order chi connectivity index (χ0) is 22.8. The SMILES string of the molecule is BrCc1ccccc1-c1ccccc1CBr.OCc1ccccc1-c1ccccc1CO. The van der Waals surface area contributed by atoms with E-state index in [0.29, 0.717) is 0 Å². The lowest BCUT2D eigenvalue weighted by atomic mass is 9.96. The molecule has 0 amide bonds. The molecule has 4 rings (SSSR count). The van der Waals surface area contributed by atoms with Gasteiger partial charge >= 0.3 is 0 Å². The average molecular weight is 554 g/mol. The molecule has 2 nitrogen and oxygen atoms in total. The van der Waals surface area contributed by atoms with Crippen molar-refractivity contribution in [2.75, 3.05) is 0 Å². The van der Waals surface area contributed by atoms with E-state index in [1.54, 1.807) is 0 Å². The Morgan fingerprint density at radius 2 is 0.656 bits per heavy atom. The first-order valence-electron chi connectivity index (χ1n) is 10.4. The molecule has 0 spiro atoms. The second kappa shape index (κ2) is 12.7. The van der Waals surface area contributed by atoms with E-state index in [0.717, 1.165) is 32.9 Å². The van der Waals surface area contributed by atoms with Crippen LogP contribution in [0.15, 0.2) is 97.1 Å². The van der Waals surface area contributed by atoms with Crippen LogP contribution in [-0.2, 0) is 23.9 Å². The van der Waals surface area contributed by atoms with E-state index >= 15 is 0 Å². The Morgan fingerprint density at radius 3 is 0.938 bits per heavy atom. The fourth-order valence-electron chi connectivity index (χ4n) is 3.64. The first-order chi connectivity index (χ1) is 15.7. The van der Waals surface area contributed by atoms with Crippen molar-refractivity contribution in [3.05, 3.63) is 119 Å². The Kier molecular flexibility index (Phi) is 9.69. The number of halogens is 2. The molecule has 0 fully saturated rings. The Morgan fingerprint density at radius 1 is 0.406 bits per heavy atom. The number of hydrogen-bond donors (Lipinski definition) is 2. The normalized spacial score (nSPS) is 10.4. The summed E-state index contributed by atoms with van der Waals surface area (Å²) in [6.07, 6.45) is 0. The molecule has 0 radical (unpaired) electrons. The molecule has 4 aromatic carbocycles. The summed E-state index contributed by atoms with van der Waals surface area (Å²) in [5.74, 6) is 0. The molecular formula is C28H26Br2O2. The molecule has 0 bridgehead atoms. The average Bonchev–Trinajstić information content (AvgIpc) is 2.88. The molecule has 0 aliphatic carbocycles. The van der Waals surface area contributed by atoms with Gasteiger partial charge in [0.2, 0.25) is 0 Å². The summed E-state index contributed by atoms with van der Waals surface area (Å²) in [5, 5.41) is 20.3. The smallest absolute Gasteiger partial charge is 0.0687 e. The molecule has 0 aliphatic rings. The maximum atomic E-state index is 9.28. The molecular weight excluding hydrogens is 528 g/mol. The minimum absolute atomic E-state index is 0.00986. The van der Waals surface area contributed by atoms with Crippen LogP contribution in [0, 0.1) is 0 Å². The van der Waals surface area contributed by atoms with Crippen LogP contribution in [0.25, 0.3) is 22.3 Å². The van der Waals surface area contributed by atoms with Crippen LogP contribution in [0.5, 0.6) is 0 Å². The summed E-state index contributed by atoms with van der Waals surface area (Å²) in [6, 6.07) is 32.4. The molecule has 4 heteroatoms. The Hall–Kier alpha value is -2.24. The lowest BCUT2D eigenvalue weighted by Crippen LogP contribution is -1.93. The van der Waals surface area contributed by atoms with Crippen LogP contribution in [0.3, 0.4) is 0 Å². The number of rotatable bonds is 6. The van der Waals surface area contributed by atoms with Crippen molar-refractivity contribution in [3.8, 4) is 22.3 Å². The van der Waals surface area contributed by atoms with Gasteiger partial charge in [0.1, 0.15) is 0 Å². The first kappa shape index (κ1) is 24.4. The fraction of sp³-hybridized carbons (Fsp3) is 0.143. The molecule has 0 aromatic heterocycles. The van der Waals surface area contributed by atoms with E-state index < -0.39 is 0 Å². The van der Waals surface area contributed by atoms with E-state index in [-0.39, 0.29) is 13.2 Å². The summed E-state index contributed by atoms with van der Waals surface area (Å²) >= 11 is 7.08. The third-order valence-electron chi connectivity index (χ3n) is 5.28.